The molecule has 5 nitrogen and oxygen atoms in total. The van der Waals surface area contributed by atoms with Crippen molar-refractivity contribution >= 4 is 29.8 Å². The third-order valence-corrected chi connectivity index (χ3v) is 3.56. The van der Waals surface area contributed by atoms with E-state index >= 15 is 0 Å². The average Bonchev–Trinajstić information content (AvgIpc) is 2.95. The molecule has 0 aliphatic heterocycles. The second-order valence-corrected chi connectivity index (χ2v) is 5.51. The van der Waals surface area contributed by atoms with E-state index in [0.29, 0.717) is 11.5 Å². The van der Waals surface area contributed by atoms with Gasteiger partial charge in [0.2, 0.25) is 5.91 Å². The van der Waals surface area contributed by atoms with Gasteiger partial charge in [-0.3, -0.25) is 4.79 Å². The molecule has 0 atom stereocenters. The lowest BCUT2D eigenvalue weighted by molar-refractivity contribution is -0.118. The van der Waals surface area contributed by atoms with Crippen LogP contribution in [0.5, 0.6) is 0 Å². The molecule has 0 bridgehead atoms. The van der Waals surface area contributed by atoms with E-state index < -0.39 is 0 Å². The highest BCUT2D eigenvalue weighted by Crippen LogP contribution is 2.16. The molecule has 1 N–H and O–H groups in total. The fourth-order valence-electron chi connectivity index (χ4n) is 1.52. The van der Waals surface area contributed by atoms with Crippen molar-refractivity contribution in [2.24, 2.45) is 5.10 Å². The number of hydrogen-bond acceptors (Lipinski definition) is 5. The number of benzene rings is 1. The fraction of sp³-hybridized carbons (Fsp3) is 0.200. The Hall–Kier alpha value is -2.21. The molecule has 0 saturated heterocycles. The summed E-state index contributed by atoms with van der Waals surface area (Å²) < 4.78 is 5.48. The SMILES string of the molecule is CN(C)c1ccc(/C=N\NC(=O)CSc2ccccc2)o1. The van der Waals surface area contributed by atoms with Crippen molar-refractivity contribution in [3.63, 3.8) is 0 Å². The standard InChI is InChI=1S/C15H17N3O2S/c1-18(2)15-9-8-12(20-15)10-16-17-14(19)11-21-13-6-4-3-5-7-13/h3-10H,11H2,1-2H3,(H,17,19)/b16-10-. The molecule has 1 aromatic heterocycles. The molecule has 0 aliphatic rings. The summed E-state index contributed by atoms with van der Waals surface area (Å²) in [5, 5.41) is 3.88. The molecule has 110 valence electrons. The van der Waals surface area contributed by atoms with Crippen molar-refractivity contribution in [1.29, 1.82) is 0 Å². The van der Waals surface area contributed by atoms with E-state index in [4.69, 9.17) is 4.42 Å². The van der Waals surface area contributed by atoms with Crippen molar-refractivity contribution in [1.82, 2.24) is 5.43 Å². The maximum atomic E-state index is 11.6. The van der Waals surface area contributed by atoms with E-state index in [9.17, 15) is 4.79 Å². The van der Waals surface area contributed by atoms with E-state index in [-0.39, 0.29) is 5.91 Å². The van der Waals surface area contributed by atoms with Gasteiger partial charge < -0.3 is 9.32 Å². The Labute approximate surface area is 128 Å². The summed E-state index contributed by atoms with van der Waals surface area (Å²) in [4.78, 5) is 14.5. The molecule has 1 aromatic carbocycles. The minimum atomic E-state index is -0.153. The van der Waals surface area contributed by atoms with E-state index in [2.05, 4.69) is 10.5 Å². The predicted molar refractivity (Wildman–Crippen MR) is 85.9 cm³/mol. The monoisotopic (exact) mass is 303 g/mol. The lowest BCUT2D eigenvalue weighted by Crippen LogP contribution is -2.19. The van der Waals surface area contributed by atoms with Crippen LogP contribution in [-0.4, -0.2) is 32.0 Å². The summed E-state index contributed by atoms with van der Waals surface area (Å²) in [7, 11) is 3.78. The largest absolute Gasteiger partial charge is 0.440 e. The maximum Gasteiger partial charge on any atom is 0.250 e. The molecule has 2 aromatic rings. The van der Waals surface area contributed by atoms with Crippen LogP contribution in [-0.2, 0) is 4.79 Å². The second-order valence-electron chi connectivity index (χ2n) is 4.47. The number of amides is 1. The normalized spacial score (nSPS) is 10.8. The van der Waals surface area contributed by atoms with E-state index in [1.54, 1.807) is 6.07 Å². The zero-order valence-corrected chi connectivity index (χ0v) is 12.8. The minimum Gasteiger partial charge on any atom is -0.440 e. The molecule has 1 amide bonds. The second kappa shape index (κ2) is 7.54. The third-order valence-electron chi connectivity index (χ3n) is 2.55. The van der Waals surface area contributed by atoms with Gasteiger partial charge in [0.05, 0.1) is 12.0 Å². The van der Waals surface area contributed by atoms with Gasteiger partial charge in [-0.1, -0.05) is 18.2 Å². The van der Waals surface area contributed by atoms with Crippen LogP contribution in [0.2, 0.25) is 0 Å². The summed E-state index contributed by atoms with van der Waals surface area (Å²) in [6.45, 7) is 0. The lowest BCUT2D eigenvalue weighted by atomic mass is 10.4. The number of furan rings is 1. The van der Waals surface area contributed by atoms with Crippen LogP contribution in [0.4, 0.5) is 5.88 Å². The molecule has 21 heavy (non-hydrogen) atoms. The lowest BCUT2D eigenvalue weighted by Gasteiger charge is -2.05. The summed E-state index contributed by atoms with van der Waals surface area (Å²) in [5.74, 6) is 1.50. The van der Waals surface area contributed by atoms with Crippen LogP contribution in [0, 0.1) is 0 Å². The van der Waals surface area contributed by atoms with E-state index in [1.807, 2.05) is 55.4 Å². The Morgan fingerprint density at radius 2 is 2.05 bits per heavy atom. The molecule has 0 spiro atoms. The summed E-state index contributed by atoms with van der Waals surface area (Å²) >= 11 is 1.47. The van der Waals surface area contributed by atoms with Crippen LogP contribution in [0.25, 0.3) is 0 Å². The first-order valence-electron chi connectivity index (χ1n) is 6.42. The first kappa shape index (κ1) is 15.2. The number of hydrazone groups is 1. The predicted octanol–water partition coefficient (Wildman–Crippen LogP) is 2.59. The third kappa shape index (κ3) is 5.00. The van der Waals surface area contributed by atoms with Crippen molar-refractivity contribution in [3.05, 3.63) is 48.2 Å². The molecular formula is C15H17N3O2S. The molecule has 0 saturated carbocycles. The van der Waals surface area contributed by atoms with Crippen LogP contribution in [0.15, 0.2) is 56.9 Å². The van der Waals surface area contributed by atoms with Gasteiger partial charge in [0.25, 0.3) is 0 Å². The summed E-state index contributed by atoms with van der Waals surface area (Å²) in [6.07, 6.45) is 1.48. The van der Waals surface area contributed by atoms with Crippen molar-refractivity contribution in [2.45, 2.75) is 4.90 Å². The van der Waals surface area contributed by atoms with Crippen LogP contribution < -0.4 is 10.3 Å². The first-order valence-corrected chi connectivity index (χ1v) is 7.40. The highest BCUT2D eigenvalue weighted by atomic mass is 32.2. The number of carbonyl (C=O) groups is 1. The molecule has 0 radical (unpaired) electrons. The number of hydrogen-bond donors (Lipinski definition) is 1. The van der Waals surface area contributed by atoms with Crippen LogP contribution in [0.1, 0.15) is 5.76 Å². The Kier molecular flexibility index (Phi) is 5.45. The zero-order valence-electron chi connectivity index (χ0n) is 11.9. The zero-order chi connectivity index (χ0) is 15.1. The molecule has 6 heteroatoms. The maximum absolute atomic E-state index is 11.6. The average molecular weight is 303 g/mol. The highest BCUT2D eigenvalue weighted by molar-refractivity contribution is 8.00. The number of anilines is 1. The number of nitrogens with one attached hydrogen (secondary N) is 1. The Bertz CT molecular complexity index is 608. The van der Waals surface area contributed by atoms with Gasteiger partial charge >= 0.3 is 0 Å². The number of nitrogens with zero attached hydrogens (tertiary/aromatic N) is 2. The van der Waals surface area contributed by atoms with Gasteiger partial charge in [-0.2, -0.15) is 5.10 Å². The fourth-order valence-corrected chi connectivity index (χ4v) is 2.23. The minimum absolute atomic E-state index is 0.153. The van der Waals surface area contributed by atoms with Crippen LogP contribution in [0.3, 0.4) is 0 Å². The summed E-state index contributed by atoms with van der Waals surface area (Å²) in [6, 6.07) is 13.4. The Morgan fingerprint density at radius 3 is 2.71 bits per heavy atom. The molecule has 0 aliphatic carbocycles. The molecule has 1 heterocycles. The van der Waals surface area contributed by atoms with Gasteiger partial charge in [0.15, 0.2) is 5.88 Å². The van der Waals surface area contributed by atoms with Gasteiger partial charge in [-0.25, -0.2) is 5.43 Å². The molecule has 2 rings (SSSR count). The van der Waals surface area contributed by atoms with Crippen LogP contribution >= 0.6 is 11.8 Å². The van der Waals surface area contributed by atoms with Crippen molar-refractivity contribution in [3.8, 4) is 0 Å². The summed E-state index contributed by atoms with van der Waals surface area (Å²) in [5.41, 5.74) is 2.48. The quantitative estimate of drug-likeness (QED) is 0.506. The molecular weight excluding hydrogens is 286 g/mol. The van der Waals surface area contributed by atoms with Crippen molar-refractivity contribution < 1.29 is 9.21 Å². The number of carbonyl (C=O) groups excluding carboxylic acids is 1. The van der Waals surface area contributed by atoms with Gasteiger partial charge in [-0.05, 0) is 18.2 Å². The van der Waals surface area contributed by atoms with Gasteiger partial charge in [-0.15, -0.1) is 11.8 Å². The molecule has 0 unspecified atom stereocenters. The Morgan fingerprint density at radius 1 is 1.29 bits per heavy atom. The highest BCUT2D eigenvalue weighted by Gasteiger charge is 2.03. The van der Waals surface area contributed by atoms with Gasteiger partial charge in [0, 0.05) is 25.1 Å². The topological polar surface area (TPSA) is 57.8 Å². The van der Waals surface area contributed by atoms with Crippen molar-refractivity contribution in [2.75, 3.05) is 24.7 Å². The smallest absolute Gasteiger partial charge is 0.250 e. The van der Waals surface area contributed by atoms with E-state index in [0.717, 1.165) is 10.8 Å². The first-order chi connectivity index (χ1) is 10.1. The number of rotatable bonds is 6. The molecule has 0 fully saturated rings. The number of thioether (sulfide) groups is 1. The van der Waals surface area contributed by atoms with E-state index in [1.165, 1.54) is 18.0 Å². The van der Waals surface area contributed by atoms with Gasteiger partial charge in [0.1, 0.15) is 5.76 Å². The Balaban J connectivity index is 1.76.